The third-order valence-electron chi connectivity index (χ3n) is 2.93. The van der Waals surface area contributed by atoms with E-state index in [-0.39, 0.29) is 5.56 Å². The van der Waals surface area contributed by atoms with E-state index in [0.717, 1.165) is 28.2 Å². The first-order valence-corrected chi connectivity index (χ1v) is 6.21. The molecule has 0 spiro atoms. The van der Waals surface area contributed by atoms with Crippen LogP contribution in [0.1, 0.15) is 18.1 Å². The number of nitrogens with two attached hydrogens (primary N) is 1. The Labute approximate surface area is 113 Å². The van der Waals surface area contributed by atoms with Crippen LogP contribution < -0.4 is 5.73 Å². The molecule has 1 nitrogen and oxygen atoms in total. The van der Waals surface area contributed by atoms with Crippen LogP contribution in [0.15, 0.2) is 46.9 Å². The van der Waals surface area contributed by atoms with Gasteiger partial charge in [-0.25, -0.2) is 8.78 Å². The van der Waals surface area contributed by atoms with Crippen molar-refractivity contribution in [1.82, 2.24) is 0 Å². The Balaban J connectivity index is 2.53. The van der Waals surface area contributed by atoms with Crippen molar-refractivity contribution in [1.29, 1.82) is 0 Å². The summed E-state index contributed by atoms with van der Waals surface area (Å²) in [6.07, 6.45) is 0. The molecule has 2 rings (SSSR count). The Morgan fingerprint density at radius 1 is 1.06 bits per heavy atom. The molecule has 1 atom stereocenters. The minimum Gasteiger partial charge on any atom is -0.318 e. The van der Waals surface area contributed by atoms with Crippen LogP contribution in [0, 0.1) is 11.6 Å². The van der Waals surface area contributed by atoms with E-state index in [4.69, 9.17) is 5.73 Å². The van der Waals surface area contributed by atoms with Crippen molar-refractivity contribution in [2.75, 3.05) is 0 Å². The topological polar surface area (TPSA) is 26.0 Å². The zero-order chi connectivity index (χ0) is 13.3. The summed E-state index contributed by atoms with van der Waals surface area (Å²) in [6, 6.07) is 10.5. The molecule has 0 aliphatic carbocycles. The summed E-state index contributed by atoms with van der Waals surface area (Å²) in [6.45, 7) is 1.66. The van der Waals surface area contributed by atoms with Crippen LogP contribution in [-0.4, -0.2) is 0 Å². The molecule has 94 valence electrons. The highest BCUT2D eigenvalue weighted by Crippen LogP contribution is 2.29. The third kappa shape index (κ3) is 2.44. The highest BCUT2D eigenvalue weighted by Gasteiger charge is 2.27. The van der Waals surface area contributed by atoms with E-state index in [0.29, 0.717) is 0 Å². The third-order valence-corrected chi connectivity index (χ3v) is 3.46. The Morgan fingerprint density at radius 2 is 1.67 bits per heavy atom. The first-order valence-electron chi connectivity index (χ1n) is 5.42. The quantitative estimate of drug-likeness (QED) is 0.893. The molecular weight excluding hydrogens is 300 g/mol. The summed E-state index contributed by atoms with van der Waals surface area (Å²) < 4.78 is 27.9. The number of hydrogen-bond donors (Lipinski definition) is 1. The Morgan fingerprint density at radius 3 is 2.28 bits per heavy atom. The maximum atomic E-state index is 13.8. The fraction of sp³-hybridized carbons (Fsp3) is 0.143. The van der Waals surface area contributed by atoms with Gasteiger partial charge in [0.15, 0.2) is 0 Å². The summed E-state index contributed by atoms with van der Waals surface area (Å²) in [4.78, 5) is 0. The summed E-state index contributed by atoms with van der Waals surface area (Å²) in [5, 5.41) is 0. The van der Waals surface area contributed by atoms with Crippen molar-refractivity contribution in [2.24, 2.45) is 5.73 Å². The first kappa shape index (κ1) is 13.2. The molecule has 2 aromatic carbocycles. The molecule has 0 radical (unpaired) electrons. The van der Waals surface area contributed by atoms with Gasteiger partial charge < -0.3 is 5.73 Å². The van der Waals surface area contributed by atoms with Gasteiger partial charge in [0.2, 0.25) is 0 Å². The van der Waals surface area contributed by atoms with Crippen molar-refractivity contribution in [3.05, 3.63) is 69.7 Å². The van der Waals surface area contributed by atoms with E-state index in [2.05, 4.69) is 15.9 Å². The van der Waals surface area contributed by atoms with Gasteiger partial charge in [0.25, 0.3) is 0 Å². The number of halogens is 3. The Bertz CT molecular complexity index is 565. The van der Waals surface area contributed by atoms with Gasteiger partial charge in [0.05, 0.1) is 5.54 Å². The number of benzene rings is 2. The van der Waals surface area contributed by atoms with Crippen LogP contribution in [0.2, 0.25) is 0 Å². The lowest BCUT2D eigenvalue weighted by Gasteiger charge is -2.26. The first-order chi connectivity index (χ1) is 8.41. The molecule has 2 N–H and O–H groups in total. The van der Waals surface area contributed by atoms with Gasteiger partial charge in [-0.15, -0.1) is 0 Å². The molecule has 4 heteroatoms. The van der Waals surface area contributed by atoms with Crippen LogP contribution in [0.3, 0.4) is 0 Å². The maximum Gasteiger partial charge on any atom is 0.128 e. The van der Waals surface area contributed by atoms with Crippen LogP contribution in [0.5, 0.6) is 0 Å². The van der Waals surface area contributed by atoms with Crippen LogP contribution in [0.25, 0.3) is 0 Å². The molecule has 0 saturated heterocycles. The largest absolute Gasteiger partial charge is 0.318 e. The molecule has 18 heavy (non-hydrogen) atoms. The normalized spacial score (nSPS) is 14.3. The molecule has 0 aliphatic rings. The van der Waals surface area contributed by atoms with E-state index in [1.807, 2.05) is 12.1 Å². The van der Waals surface area contributed by atoms with E-state index in [1.165, 1.54) is 0 Å². The Kier molecular flexibility index (Phi) is 3.50. The van der Waals surface area contributed by atoms with Crippen molar-refractivity contribution >= 4 is 15.9 Å². The average molecular weight is 312 g/mol. The van der Waals surface area contributed by atoms with Gasteiger partial charge in [0, 0.05) is 10.0 Å². The highest BCUT2D eigenvalue weighted by atomic mass is 79.9. The van der Waals surface area contributed by atoms with E-state index in [9.17, 15) is 8.78 Å². The highest BCUT2D eigenvalue weighted by molar-refractivity contribution is 9.10. The Hall–Kier alpha value is -1.26. The van der Waals surface area contributed by atoms with Crippen molar-refractivity contribution in [3.8, 4) is 0 Å². The van der Waals surface area contributed by atoms with Gasteiger partial charge in [-0.05, 0) is 42.8 Å². The fourth-order valence-electron chi connectivity index (χ4n) is 1.85. The zero-order valence-corrected chi connectivity index (χ0v) is 11.3. The number of rotatable bonds is 2. The lowest BCUT2D eigenvalue weighted by atomic mass is 9.85. The molecule has 2 aromatic rings. The molecule has 0 saturated carbocycles. The van der Waals surface area contributed by atoms with Crippen LogP contribution >= 0.6 is 15.9 Å². The molecule has 0 aromatic heterocycles. The monoisotopic (exact) mass is 311 g/mol. The minimum absolute atomic E-state index is 0.143. The molecule has 0 bridgehead atoms. The van der Waals surface area contributed by atoms with Gasteiger partial charge in [0.1, 0.15) is 11.6 Å². The van der Waals surface area contributed by atoms with E-state index in [1.54, 1.807) is 19.1 Å². The molecular formula is C14H12BrF2N. The zero-order valence-electron chi connectivity index (χ0n) is 9.75. The minimum atomic E-state index is -1.08. The second-order valence-electron chi connectivity index (χ2n) is 4.33. The predicted octanol–water partition coefficient (Wildman–Crippen LogP) is 3.95. The standard InChI is InChI=1S/C14H12BrF2N/c1-14(18,9-2-4-10(15)5-3-9)12-8-11(16)6-7-13(12)17/h2-8H,18H2,1H3. The van der Waals surface area contributed by atoms with Gasteiger partial charge >= 0.3 is 0 Å². The molecule has 0 heterocycles. The SMILES string of the molecule is CC(N)(c1ccc(Br)cc1)c1cc(F)ccc1F. The van der Waals surface area contributed by atoms with Crippen molar-refractivity contribution in [3.63, 3.8) is 0 Å². The lowest BCUT2D eigenvalue weighted by Crippen LogP contribution is -2.35. The summed E-state index contributed by atoms with van der Waals surface area (Å²) in [7, 11) is 0. The van der Waals surface area contributed by atoms with Gasteiger partial charge in [-0.2, -0.15) is 0 Å². The molecule has 1 unspecified atom stereocenters. The lowest BCUT2D eigenvalue weighted by molar-refractivity contribution is 0.518. The molecule has 0 aliphatic heterocycles. The van der Waals surface area contributed by atoms with Crippen LogP contribution in [-0.2, 0) is 5.54 Å². The smallest absolute Gasteiger partial charge is 0.128 e. The average Bonchev–Trinajstić information content (AvgIpc) is 2.32. The fourth-order valence-corrected chi connectivity index (χ4v) is 2.11. The second-order valence-corrected chi connectivity index (χ2v) is 5.25. The predicted molar refractivity (Wildman–Crippen MR) is 71.1 cm³/mol. The van der Waals surface area contributed by atoms with E-state index >= 15 is 0 Å². The summed E-state index contributed by atoms with van der Waals surface area (Å²) in [5.74, 6) is -1.01. The van der Waals surface area contributed by atoms with Crippen molar-refractivity contribution < 1.29 is 8.78 Å². The van der Waals surface area contributed by atoms with Crippen LogP contribution in [0.4, 0.5) is 8.78 Å². The van der Waals surface area contributed by atoms with Gasteiger partial charge in [-0.3, -0.25) is 0 Å². The molecule has 0 fully saturated rings. The number of hydrogen-bond acceptors (Lipinski definition) is 1. The second kappa shape index (κ2) is 4.78. The maximum absolute atomic E-state index is 13.8. The summed E-state index contributed by atoms with van der Waals surface area (Å²) in [5.41, 5.74) is 5.94. The van der Waals surface area contributed by atoms with Gasteiger partial charge in [-0.1, -0.05) is 28.1 Å². The van der Waals surface area contributed by atoms with Crippen molar-refractivity contribution in [2.45, 2.75) is 12.5 Å². The molecule has 0 amide bonds. The summed E-state index contributed by atoms with van der Waals surface area (Å²) >= 11 is 3.32. The van der Waals surface area contributed by atoms with E-state index < -0.39 is 17.2 Å².